The second kappa shape index (κ2) is 4.23. The van der Waals surface area contributed by atoms with Gasteiger partial charge in [0.15, 0.2) is 0 Å². The summed E-state index contributed by atoms with van der Waals surface area (Å²) in [7, 11) is 0. The lowest BCUT2D eigenvalue weighted by Crippen LogP contribution is -2.29. The predicted octanol–water partition coefficient (Wildman–Crippen LogP) is 1.84. The minimum atomic E-state index is -0.719. The summed E-state index contributed by atoms with van der Waals surface area (Å²) in [6, 6.07) is 0. The highest BCUT2D eigenvalue weighted by atomic mass is 32.1. The second-order valence-corrected chi connectivity index (χ2v) is 5.28. The molecule has 80 valence electrons. The van der Waals surface area contributed by atoms with Crippen molar-refractivity contribution in [3.63, 3.8) is 0 Å². The third kappa shape index (κ3) is 3.59. The molecule has 0 aromatic carbocycles. The van der Waals surface area contributed by atoms with Gasteiger partial charge in [0.05, 0.1) is 5.60 Å². The highest BCUT2D eigenvalue weighted by molar-refractivity contribution is 7.15. The third-order valence-electron chi connectivity index (χ3n) is 1.61. The molecule has 1 heterocycles. The van der Waals surface area contributed by atoms with E-state index in [0.29, 0.717) is 12.5 Å². The summed E-state index contributed by atoms with van der Waals surface area (Å²) in [6.07, 6.45) is 0. The molecule has 0 bridgehead atoms. The molecule has 0 aliphatic carbocycles. The van der Waals surface area contributed by atoms with Gasteiger partial charge in [-0.1, -0.05) is 25.2 Å². The van der Waals surface area contributed by atoms with Gasteiger partial charge in [0, 0.05) is 12.5 Å². The Kier molecular flexibility index (Phi) is 3.44. The summed E-state index contributed by atoms with van der Waals surface area (Å²) in [6.45, 7) is 8.16. The molecule has 0 saturated heterocycles. The SMILES string of the molecule is CC(C)c1nnc(NCC(C)(C)O)s1. The van der Waals surface area contributed by atoms with Crippen LogP contribution in [0.5, 0.6) is 0 Å². The summed E-state index contributed by atoms with van der Waals surface area (Å²) in [5, 5.41) is 22.4. The van der Waals surface area contributed by atoms with Gasteiger partial charge in [-0.05, 0) is 13.8 Å². The van der Waals surface area contributed by atoms with E-state index in [0.717, 1.165) is 10.1 Å². The van der Waals surface area contributed by atoms with Crippen molar-refractivity contribution < 1.29 is 5.11 Å². The summed E-state index contributed by atoms with van der Waals surface area (Å²) in [5.41, 5.74) is -0.719. The van der Waals surface area contributed by atoms with Crippen molar-refractivity contribution in [3.8, 4) is 0 Å². The van der Waals surface area contributed by atoms with Crippen molar-refractivity contribution in [2.75, 3.05) is 11.9 Å². The quantitative estimate of drug-likeness (QED) is 0.804. The normalized spacial score (nSPS) is 12.1. The third-order valence-corrected chi connectivity index (χ3v) is 2.79. The molecule has 0 amide bonds. The van der Waals surface area contributed by atoms with Gasteiger partial charge >= 0.3 is 0 Å². The molecule has 0 saturated carbocycles. The van der Waals surface area contributed by atoms with Crippen molar-refractivity contribution in [2.24, 2.45) is 0 Å². The Morgan fingerprint density at radius 3 is 2.50 bits per heavy atom. The molecule has 0 atom stereocenters. The summed E-state index contributed by atoms with van der Waals surface area (Å²) < 4.78 is 0. The first kappa shape index (κ1) is 11.4. The number of nitrogens with one attached hydrogen (secondary N) is 1. The van der Waals surface area contributed by atoms with Gasteiger partial charge < -0.3 is 10.4 Å². The van der Waals surface area contributed by atoms with Crippen molar-refractivity contribution >= 4 is 16.5 Å². The number of rotatable bonds is 4. The van der Waals surface area contributed by atoms with Crippen molar-refractivity contribution in [2.45, 2.75) is 39.2 Å². The van der Waals surface area contributed by atoms with Crippen LogP contribution in [0.4, 0.5) is 5.13 Å². The number of hydrogen-bond donors (Lipinski definition) is 2. The van der Waals surface area contributed by atoms with Crippen LogP contribution in [0.1, 0.15) is 38.6 Å². The highest BCUT2D eigenvalue weighted by Gasteiger charge is 2.13. The fourth-order valence-corrected chi connectivity index (χ4v) is 1.57. The van der Waals surface area contributed by atoms with Gasteiger partial charge in [0.1, 0.15) is 5.01 Å². The molecule has 4 nitrogen and oxygen atoms in total. The lowest BCUT2D eigenvalue weighted by molar-refractivity contribution is 0.0945. The van der Waals surface area contributed by atoms with Crippen LogP contribution in [0, 0.1) is 0 Å². The number of hydrogen-bond acceptors (Lipinski definition) is 5. The zero-order valence-electron chi connectivity index (χ0n) is 9.03. The molecule has 1 rings (SSSR count). The van der Waals surface area contributed by atoms with Gasteiger partial charge in [-0.3, -0.25) is 0 Å². The topological polar surface area (TPSA) is 58.0 Å². The van der Waals surface area contributed by atoms with E-state index in [1.807, 2.05) is 0 Å². The minimum absolute atomic E-state index is 0.408. The van der Waals surface area contributed by atoms with Gasteiger partial charge in [0.25, 0.3) is 0 Å². The fraction of sp³-hybridized carbons (Fsp3) is 0.778. The van der Waals surface area contributed by atoms with E-state index in [1.54, 1.807) is 13.8 Å². The predicted molar refractivity (Wildman–Crippen MR) is 58.8 cm³/mol. The van der Waals surface area contributed by atoms with Gasteiger partial charge in [-0.25, -0.2) is 0 Å². The second-order valence-electron chi connectivity index (χ2n) is 4.27. The van der Waals surface area contributed by atoms with Crippen LogP contribution in [-0.4, -0.2) is 27.4 Å². The lowest BCUT2D eigenvalue weighted by atomic mass is 10.1. The van der Waals surface area contributed by atoms with Crippen LogP contribution in [0.3, 0.4) is 0 Å². The Balaban J connectivity index is 2.52. The molecule has 0 spiro atoms. The Morgan fingerprint density at radius 1 is 1.43 bits per heavy atom. The average molecular weight is 215 g/mol. The molecule has 0 radical (unpaired) electrons. The first-order valence-electron chi connectivity index (χ1n) is 4.68. The molecular weight excluding hydrogens is 198 g/mol. The summed E-state index contributed by atoms with van der Waals surface area (Å²) in [4.78, 5) is 0. The van der Waals surface area contributed by atoms with Crippen LogP contribution >= 0.6 is 11.3 Å². The minimum Gasteiger partial charge on any atom is -0.389 e. The van der Waals surface area contributed by atoms with E-state index in [4.69, 9.17) is 0 Å². The standard InChI is InChI=1S/C9H17N3OS/c1-6(2)7-11-12-8(14-7)10-5-9(3,4)13/h6,13H,5H2,1-4H3,(H,10,12). The molecule has 1 aromatic heterocycles. The van der Waals surface area contributed by atoms with Crippen LogP contribution in [-0.2, 0) is 0 Å². The zero-order chi connectivity index (χ0) is 10.8. The fourth-order valence-electron chi connectivity index (χ4n) is 0.831. The van der Waals surface area contributed by atoms with Crippen LogP contribution in [0.25, 0.3) is 0 Å². The van der Waals surface area contributed by atoms with E-state index in [2.05, 4.69) is 29.4 Å². The molecular formula is C9H17N3OS. The van der Waals surface area contributed by atoms with Crippen LogP contribution in [0.2, 0.25) is 0 Å². The highest BCUT2D eigenvalue weighted by Crippen LogP contribution is 2.22. The first-order valence-corrected chi connectivity index (χ1v) is 5.50. The monoisotopic (exact) mass is 215 g/mol. The van der Waals surface area contributed by atoms with Gasteiger partial charge in [-0.15, -0.1) is 10.2 Å². The summed E-state index contributed by atoms with van der Waals surface area (Å²) >= 11 is 1.54. The molecule has 0 unspecified atom stereocenters. The Hall–Kier alpha value is -0.680. The van der Waals surface area contributed by atoms with E-state index < -0.39 is 5.60 Å². The van der Waals surface area contributed by atoms with E-state index >= 15 is 0 Å². The Labute approximate surface area is 88.4 Å². The van der Waals surface area contributed by atoms with E-state index in [9.17, 15) is 5.11 Å². The van der Waals surface area contributed by atoms with E-state index in [-0.39, 0.29) is 0 Å². The maximum absolute atomic E-state index is 9.49. The van der Waals surface area contributed by atoms with Gasteiger partial charge in [0.2, 0.25) is 5.13 Å². The molecule has 2 N–H and O–H groups in total. The van der Waals surface area contributed by atoms with Crippen molar-refractivity contribution in [1.29, 1.82) is 0 Å². The maximum atomic E-state index is 9.49. The number of nitrogens with zero attached hydrogens (tertiary/aromatic N) is 2. The zero-order valence-corrected chi connectivity index (χ0v) is 9.85. The van der Waals surface area contributed by atoms with Crippen molar-refractivity contribution in [1.82, 2.24) is 10.2 Å². The molecule has 0 aliphatic heterocycles. The number of aliphatic hydroxyl groups is 1. The molecule has 0 fully saturated rings. The van der Waals surface area contributed by atoms with E-state index in [1.165, 1.54) is 11.3 Å². The summed E-state index contributed by atoms with van der Waals surface area (Å²) in [5.74, 6) is 0.408. The Bertz CT molecular complexity index is 290. The lowest BCUT2D eigenvalue weighted by Gasteiger charge is -2.16. The maximum Gasteiger partial charge on any atom is 0.205 e. The molecule has 14 heavy (non-hydrogen) atoms. The molecule has 0 aliphatic rings. The van der Waals surface area contributed by atoms with Gasteiger partial charge in [-0.2, -0.15) is 0 Å². The molecule has 1 aromatic rings. The number of anilines is 1. The number of aromatic nitrogens is 2. The Morgan fingerprint density at radius 2 is 2.07 bits per heavy atom. The smallest absolute Gasteiger partial charge is 0.205 e. The molecule has 5 heteroatoms. The first-order chi connectivity index (χ1) is 6.38. The van der Waals surface area contributed by atoms with Crippen LogP contribution < -0.4 is 5.32 Å². The average Bonchev–Trinajstić information content (AvgIpc) is 2.47. The largest absolute Gasteiger partial charge is 0.389 e. The van der Waals surface area contributed by atoms with Crippen LogP contribution in [0.15, 0.2) is 0 Å². The van der Waals surface area contributed by atoms with Crippen molar-refractivity contribution in [3.05, 3.63) is 5.01 Å².